The van der Waals surface area contributed by atoms with Crippen LogP contribution in [0.4, 0.5) is 5.69 Å². The third kappa shape index (κ3) is 4.34. The summed E-state index contributed by atoms with van der Waals surface area (Å²) < 4.78 is 0. The van der Waals surface area contributed by atoms with Crippen LogP contribution in [0.15, 0.2) is 24.3 Å². The van der Waals surface area contributed by atoms with Gasteiger partial charge in [0.15, 0.2) is 0 Å². The summed E-state index contributed by atoms with van der Waals surface area (Å²) in [7, 11) is 0. The molecule has 128 valence electrons. The van der Waals surface area contributed by atoms with Crippen LogP contribution in [0, 0.1) is 12.3 Å². The minimum atomic E-state index is -0.432. The molecule has 0 saturated carbocycles. The second-order valence-electron chi connectivity index (χ2n) is 5.66. The number of hydrogen-bond acceptors (Lipinski definition) is 3. The molecule has 2 aliphatic rings. The van der Waals surface area contributed by atoms with Crippen molar-refractivity contribution in [3.63, 3.8) is 0 Å². The molecule has 23 heavy (non-hydrogen) atoms. The van der Waals surface area contributed by atoms with E-state index in [1.807, 2.05) is 27.7 Å². The number of carbonyl (C=O) groups excluding carboxylic acids is 2. The second-order valence-corrected chi connectivity index (χ2v) is 5.66. The molecule has 1 aromatic rings. The lowest BCUT2D eigenvalue weighted by atomic mass is 9.77. The van der Waals surface area contributed by atoms with Crippen molar-refractivity contribution in [1.29, 1.82) is 0 Å². The van der Waals surface area contributed by atoms with E-state index >= 15 is 0 Å². The molecule has 0 bridgehead atoms. The van der Waals surface area contributed by atoms with Gasteiger partial charge in [-0.3, -0.25) is 14.9 Å². The van der Waals surface area contributed by atoms with E-state index in [0.29, 0.717) is 6.42 Å². The molecule has 0 unspecified atom stereocenters. The van der Waals surface area contributed by atoms with E-state index < -0.39 is 5.41 Å². The van der Waals surface area contributed by atoms with Gasteiger partial charge in [0.25, 0.3) is 0 Å². The van der Waals surface area contributed by atoms with Gasteiger partial charge in [-0.2, -0.15) is 0 Å². The van der Waals surface area contributed by atoms with Gasteiger partial charge in [0, 0.05) is 25.2 Å². The predicted molar refractivity (Wildman–Crippen MR) is 95.5 cm³/mol. The molecular weight excluding hydrogens is 288 g/mol. The maximum atomic E-state index is 11.9. The Morgan fingerprint density at radius 3 is 1.91 bits per heavy atom. The lowest BCUT2D eigenvalue weighted by molar-refractivity contribution is -0.129. The highest BCUT2D eigenvalue weighted by Crippen LogP contribution is 2.39. The van der Waals surface area contributed by atoms with Crippen molar-refractivity contribution in [2.24, 2.45) is 5.41 Å². The largest absolute Gasteiger partial charge is 0.371 e. The van der Waals surface area contributed by atoms with Gasteiger partial charge in [-0.15, -0.1) is 0 Å². The summed E-state index contributed by atoms with van der Waals surface area (Å²) in [6.07, 6.45) is 1.89. The molecule has 2 fully saturated rings. The van der Waals surface area contributed by atoms with Crippen molar-refractivity contribution in [3.05, 3.63) is 29.8 Å². The van der Waals surface area contributed by atoms with Crippen molar-refractivity contribution in [2.45, 2.75) is 53.9 Å². The van der Waals surface area contributed by atoms with E-state index in [0.717, 1.165) is 25.9 Å². The fourth-order valence-electron chi connectivity index (χ4n) is 3.04. The summed E-state index contributed by atoms with van der Waals surface area (Å²) in [6.45, 7) is 11.7. The lowest BCUT2D eigenvalue weighted by Gasteiger charge is -2.38. The van der Waals surface area contributed by atoms with Gasteiger partial charge in [0.2, 0.25) is 11.8 Å². The summed E-state index contributed by atoms with van der Waals surface area (Å²) in [5, 5.41) is 2.44. The van der Waals surface area contributed by atoms with Crippen molar-refractivity contribution in [3.8, 4) is 0 Å². The highest BCUT2D eigenvalue weighted by atomic mass is 16.2. The van der Waals surface area contributed by atoms with E-state index in [2.05, 4.69) is 41.4 Å². The van der Waals surface area contributed by atoms with Gasteiger partial charge in [-0.25, -0.2) is 0 Å². The Labute approximate surface area is 140 Å². The number of benzene rings is 1. The predicted octanol–water partition coefficient (Wildman–Crippen LogP) is 3.68. The van der Waals surface area contributed by atoms with E-state index in [1.54, 1.807) is 0 Å². The normalized spacial score (nSPS) is 18.6. The molecule has 4 heteroatoms. The van der Waals surface area contributed by atoms with Gasteiger partial charge < -0.3 is 4.90 Å². The molecule has 2 saturated heterocycles. The third-order valence-corrected chi connectivity index (χ3v) is 4.35. The zero-order chi connectivity index (χ0) is 17.5. The minimum absolute atomic E-state index is 0.0685. The van der Waals surface area contributed by atoms with Gasteiger partial charge in [0.1, 0.15) is 0 Å². The smallest absolute Gasteiger partial charge is 0.233 e. The third-order valence-electron chi connectivity index (χ3n) is 4.35. The first kappa shape index (κ1) is 19.2. The van der Waals surface area contributed by atoms with E-state index in [4.69, 9.17) is 0 Å². The van der Waals surface area contributed by atoms with Crippen LogP contribution >= 0.6 is 0 Å². The number of rotatable bonds is 1. The molecule has 1 N–H and O–H groups in total. The Morgan fingerprint density at radius 1 is 0.957 bits per heavy atom. The van der Waals surface area contributed by atoms with Gasteiger partial charge in [-0.05, 0) is 31.9 Å². The molecule has 1 aromatic carbocycles. The van der Waals surface area contributed by atoms with Gasteiger partial charge in [-0.1, -0.05) is 45.4 Å². The average Bonchev–Trinajstić information content (AvgIpc) is 2.86. The molecule has 1 spiro atoms. The first-order valence-corrected chi connectivity index (χ1v) is 8.75. The van der Waals surface area contributed by atoms with Crippen LogP contribution in [0.1, 0.15) is 52.5 Å². The van der Waals surface area contributed by atoms with Crippen LogP contribution in [0.3, 0.4) is 0 Å². The van der Waals surface area contributed by atoms with E-state index in [-0.39, 0.29) is 11.8 Å². The summed E-state index contributed by atoms with van der Waals surface area (Å²) in [4.78, 5) is 25.6. The second kappa shape index (κ2) is 8.70. The first-order chi connectivity index (χ1) is 11.1. The molecule has 3 rings (SSSR count). The van der Waals surface area contributed by atoms with Crippen LogP contribution in [0.2, 0.25) is 0 Å². The van der Waals surface area contributed by atoms with Gasteiger partial charge in [0.05, 0.1) is 5.41 Å². The summed E-state index contributed by atoms with van der Waals surface area (Å²) >= 11 is 0. The quantitative estimate of drug-likeness (QED) is 0.804. The van der Waals surface area contributed by atoms with Crippen molar-refractivity contribution >= 4 is 17.5 Å². The number of imide groups is 1. The maximum Gasteiger partial charge on any atom is 0.233 e. The molecule has 0 aromatic heterocycles. The zero-order valence-corrected chi connectivity index (χ0v) is 15.1. The molecule has 2 amide bonds. The SMILES string of the molecule is CC.CC.Cc1ccc(N2CCC3(CC2)CC(=O)NC3=O)cc1. The van der Waals surface area contributed by atoms with Gasteiger partial charge >= 0.3 is 0 Å². The Bertz CT molecular complexity index is 515. The van der Waals surface area contributed by atoms with Crippen LogP contribution < -0.4 is 10.2 Å². The Kier molecular flexibility index (Phi) is 7.27. The average molecular weight is 318 g/mol. The summed E-state index contributed by atoms with van der Waals surface area (Å²) in [5.74, 6) is -0.185. The fraction of sp³-hybridized carbons (Fsp3) is 0.579. The minimum Gasteiger partial charge on any atom is -0.371 e. The Hall–Kier alpha value is -1.84. The van der Waals surface area contributed by atoms with Crippen LogP contribution in [0.25, 0.3) is 0 Å². The molecular formula is C19H30N2O2. The number of anilines is 1. The number of amides is 2. The number of nitrogens with one attached hydrogen (secondary N) is 1. The van der Waals surface area contributed by atoms with E-state index in [9.17, 15) is 9.59 Å². The zero-order valence-electron chi connectivity index (χ0n) is 15.1. The number of hydrogen-bond donors (Lipinski definition) is 1. The summed E-state index contributed by atoms with van der Waals surface area (Å²) in [6, 6.07) is 8.44. The Morgan fingerprint density at radius 2 is 1.48 bits per heavy atom. The van der Waals surface area contributed by atoms with Crippen molar-refractivity contribution < 1.29 is 9.59 Å². The van der Waals surface area contributed by atoms with Crippen LogP contribution in [0.5, 0.6) is 0 Å². The van der Waals surface area contributed by atoms with E-state index in [1.165, 1.54) is 11.3 Å². The summed E-state index contributed by atoms with van der Waals surface area (Å²) in [5.41, 5.74) is 2.02. The molecule has 0 aliphatic carbocycles. The number of carbonyl (C=O) groups is 2. The topological polar surface area (TPSA) is 49.4 Å². The fourth-order valence-corrected chi connectivity index (χ4v) is 3.04. The monoisotopic (exact) mass is 318 g/mol. The molecule has 2 aliphatic heterocycles. The highest BCUT2D eigenvalue weighted by molar-refractivity contribution is 6.06. The molecule has 0 radical (unpaired) electrons. The Balaban J connectivity index is 0.000000615. The molecule has 0 atom stereocenters. The van der Waals surface area contributed by atoms with Crippen LogP contribution in [-0.4, -0.2) is 24.9 Å². The first-order valence-electron chi connectivity index (χ1n) is 8.75. The van der Waals surface area contributed by atoms with Crippen LogP contribution in [-0.2, 0) is 9.59 Å². The lowest BCUT2D eigenvalue weighted by Crippen LogP contribution is -2.43. The van der Waals surface area contributed by atoms with Crippen molar-refractivity contribution in [1.82, 2.24) is 5.32 Å². The highest BCUT2D eigenvalue weighted by Gasteiger charge is 2.48. The maximum absolute atomic E-state index is 11.9. The molecule has 2 heterocycles. The molecule has 4 nitrogen and oxygen atoms in total. The standard InChI is InChI=1S/C15H18N2O2.2C2H6/c1-11-2-4-12(5-3-11)17-8-6-15(7-9-17)10-13(18)16-14(15)19;2*1-2/h2-5H,6-10H2,1H3,(H,16,18,19);2*1-2H3. The number of piperidine rings is 1. The number of nitrogens with zero attached hydrogens (tertiary/aromatic N) is 1. The van der Waals surface area contributed by atoms with Crippen molar-refractivity contribution in [2.75, 3.05) is 18.0 Å². The number of aryl methyl sites for hydroxylation is 1.